The summed E-state index contributed by atoms with van der Waals surface area (Å²) in [6.45, 7) is 3.30. The molecule has 0 aliphatic carbocycles. The number of aryl methyl sites for hydroxylation is 1. The van der Waals surface area contributed by atoms with Crippen molar-refractivity contribution in [3.8, 4) is 11.8 Å². The molecule has 0 heterocycles. The van der Waals surface area contributed by atoms with Gasteiger partial charge in [-0.05, 0) is 48.1 Å². The summed E-state index contributed by atoms with van der Waals surface area (Å²) in [7, 11) is 1.50. The molecule has 0 spiro atoms. The second-order valence-electron chi connectivity index (χ2n) is 3.13. The van der Waals surface area contributed by atoms with Crippen LogP contribution < -0.4 is 4.74 Å². The van der Waals surface area contributed by atoms with Crippen LogP contribution >= 0.6 is 22.6 Å². The molecule has 1 aromatic rings. The van der Waals surface area contributed by atoms with Crippen molar-refractivity contribution in [2.45, 2.75) is 13.8 Å². The molecule has 0 radical (unpaired) electrons. The van der Waals surface area contributed by atoms with Gasteiger partial charge >= 0.3 is 0 Å². The van der Waals surface area contributed by atoms with Gasteiger partial charge in [0.2, 0.25) is 0 Å². The van der Waals surface area contributed by atoms with Gasteiger partial charge in [0, 0.05) is 0 Å². The zero-order valence-electron chi connectivity index (χ0n) is 8.72. The first-order valence-electron chi connectivity index (χ1n) is 4.31. The Balaban J connectivity index is 3.60. The summed E-state index contributed by atoms with van der Waals surface area (Å²) in [5, 5.41) is 8.95. The minimum atomic E-state index is -0.0580. The molecule has 0 aliphatic rings. The average molecular weight is 315 g/mol. The van der Waals surface area contributed by atoms with Gasteiger partial charge in [0.05, 0.1) is 21.8 Å². The number of ether oxygens (including phenoxy) is 1. The summed E-state index contributed by atoms with van der Waals surface area (Å²) in [6.07, 6.45) is 0. The smallest absolute Gasteiger partial charge is 0.163 e. The van der Waals surface area contributed by atoms with E-state index < -0.39 is 0 Å². The van der Waals surface area contributed by atoms with Gasteiger partial charge in [0.25, 0.3) is 0 Å². The van der Waals surface area contributed by atoms with Gasteiger partial charge in [0.1, 0.15) is 11.8 Å². The molecule has 0 aromatic heterocycles. The molecule has 4 heteroatoms. The number of rotatable bonds is 2. The molecule has 3 nitrogen and oxygen atoms in total. The van der Waals surface area contributed by atoms with E-state index in [1.54, 1.807) is 6.07 Å². The highest BCUT2D eigenvalue weighted by Gasteiger charge is 2.17. The van der Waals surface area contributed by atoms with Gasteiger partial charge in [0.15, 0.2) is 5.78 Å². The Bertz CT molecular complexity index is 461. The van der Waals surface area contributed by atoms with Gasteiger partial charge < -0.3 is 4.74 Å². The number of benzene rings is 1. The summed E-state index contributed by atoms with van der Waals surface area (Å²) < 4.78 is 5.85. The van der Waals surface area contributed by atoms with Gasteiger partial charge in [-0.1, -0.05) is 0 Å². The second kappa shape index (κ2) is 4.62. The number of ketones is 1. The van der Waals surface area contributed by atoms with Crippen molar-refractivity contribution in [3.63, 3.8) is 0 Å². The summed E-state index contributed by atoms with van der Waals surface area (Å²) in [4.78, 5) is 11.4. The van der Waals surface area contributed by atoms with Crippen LogP contribution in [0.3, 0.4) is 0 Å². The highest BCUT2D eigenvalue weighted by atomic mass is 127. The number of carbonyl (C=O) groups excluding carboxylic acids is 1. The molecule has 78 valence electrons. The maximum Gasteiger partial charge on any atom is 0.163 e. The topological polar surface area (TPSA) is 50.1 Å². The molecule has 0 saturated heterocycles. The fourth-order valence-electron chi connectivity index (χ4n) is 1.36. The first-order valence-corrected chi connectivity index (χ1v) is 5.39. The Hall–Kier alpha value is -1.09. The Morgan fingerprint density at radius 2 is 2.20 bits per heavy atom. The molecule has 0 unspecified atom stereocenters. The third-order valence-electron chi connectivity index (χ3n) is 2.11. The van der Waals surface area contributed by atoms with Crippen molar-refractivity contribution in [2.24, 2.45) is 0 Å². The first kappa shape index (κ1) is 12.0. The third-order valence-corrected chi connectivity index (χ3v) is 3.14. The minimum absolute atomic E-state index is 0.0580. The molecule has 0 amide bonds. The molecular formula is C11H10INO2. The fraction of sp³-hybridized carbons (Fsp3) is 0.273. The zero-order chi connectivity index (χ0) is 11.6. The van der Waals surface area contributed by atoms with Crippen molar-refractivity contribution in [1.29, 1.82) is 5.26 Å². The van der Waals surface area contributed by atoms with E-state index in [2.05, 4.69) is 6.07 Å². The highest BCUT2D eigenvalue weighted by molar-refractivity contribution is 14.1. The van der Waals surface area contributed by atoms with Crippen molar-refractivity contribution >= 4 is 28.4 Å². The molecule has 0 saturated carbocycles. The van der Waals surface area contributed by atoms with E-state index in [1.165, 1.54) is 14.0 Å². The highest BCUT2D eigenvalue weighted by Crippen LogP contribution is 2.31. The predicted octanol–water partition coefficient (Wildman–Crippen LogP) is 2.68. The van der Waals surface area contributed by atoms with Crippen LogP contribution in [0.1, 0.15) is 28.4 Å². The van der Waals surface area contributed by atoms with Crippen LogP contribution in [0.15, 0.2) is 6.07 Å². The Morgan fingerprint density at radius 1 is 1.60 bits per heavy atom. The quantitative estimate of drug-likeness (QED) is 0.623. The first-order chi connectivity index (χ1) is 7.02. The number of hydrogen-bond acceptors (Lipinski definition) is 3. The predicted molar refractivity (Wildman–Crippen MR) is 65.2 cm³/mol. The van der Waals surface area contributed by atoms with Gasteiger partial charge in [-0.15, -0.1) is 0 Å². The zero-order valence-corrected chi connectivity index (χ0v) is 10.9. The third kappa shape index (κ3) is 2.12. The van der Waals surface area contributed by atoms with Gasteiger partial charge in [-0.2, -0.15) is 5.26 Å². The standard InChI is InChI=1S/C11H10INO2/c1-6-4-8(7(2)14)11(15-3)10(12)9(6)5-13/h4H,1-3H3. The number of halogens is 1. The number of methoxy groups -OCH3 is 1. The Morgan fingerprint density at radius 3 is 2.60 bits per heavy atom. The lowest BCUT2D eigenvalue weighted by Gasteiger charge is -2.11. The van der Waals surface area contributed by atoms with E-state index in [1.807, 2.05) is 29.5 Å². The van der Waals surface area contributed by atoms with Crippen LogP contribution in [0, 0.1) is 21.8 Å². The minimum Gasteiger partial charge on any atom is -0.495 e. The van der Waals surface area contributed by atoms with Crippen LogP contribution in [0.2, 0.25) is 0 Å². The SMILES string of the molecule is COc1c(C(C)=O)cc(C)c(C#N)c1I. The largest absolute Gasteiger partial charge is 0.495 e. The molecule has 0 N–H and O–H groups in total. The monoisotopic (exact) mass is 315 g/mol. The maximum atomic E-state index is 11.4. The number of carbonyl (C=O) groups is 1. The Labute approximate surface area is 102 Å². The van der Waals surface area contributed by atoms with Crippen molar-refractivity contribution < 1.29 is 9.53 Å². The van der Waals surface area contributed by atoms with Crippen LogP contribution in [-0.4, -0.2) is 12.9 Å². The fourth-order valence-corrected chi connectivity index (χ4v) is 2.41. The van der Waals surface area contributed by atoms with Crippen LogP contribution in [0.4, 0.5) is 0 Å². The molecule has 0 atom stereocenters. The van der Waals surface area contributed by atoms with E-state index in [9.17, 15) is 4.79 Å². The van der Waals surface area contributed by atoms with Crippen LogP contribution in [-0.2, 0) is 0 Å². The lowest BCUT2D eigenvalue weighted by Crippen LogP contribution is -2.03. The van der Waals surface area contributed by atoms with Crippen molar-refractivity contribution in [3.05, 3.63) is 26.3 Å². The van der Waals surface area contributed by atoms with Crippen LogP contribution in [0.5, 0.6) is 5.75 Å². The summed E-state index contributed by atoms with van der Waals surface area (Å²) >= 11 is 2.03. The molecule has 1 aromatic carbocycles. The number of nitrogens with zero attached hydrogens (tertiary/aromatic N) is 1. The lowest BCUT2D eigenvalue weighted by atomic mass is 10.0. The molecule has 0 fully saturated rings. The lowest BCUT2D eigenvalue weighted by molar-refractivity contribution is 0.101. The average Bonchev–Trinajstić information content (AvgIpc) is 2.17. The molecule has 1 rings (SSSR count). The second-order valence-corrected chi connectivity index (χ2v) is 4.21. The Kier molecular flexibility index (Phi) is 3.69. The summed E-state index contributed by atoms with van der Waals surface area (Å²) in [6, 6.07) is 3.80. The number of nitriles is 1. The molecule has 15 heavy (non-hydrogen) atoms. The number of Topliss-reactive ketones (excluding diaryl/α,β-unsaturated/α-hetero) is 1. The number of hydrogen-bond donors (Lipinski definition) is 0. The van der Waals surface area contributed by atoms with E-state index >= 15 is 0 Å². The molecule has 0 aliphatic heterocycles. The summed E-state index contributed by atoms with van der Waals surface area (Å²) in [5.74, 6) is 0.433. The van der Waals surface area contributed by atoms with E-state index in [0.29, 0.717) is 20.4 Å². The van der Waals surface area contributed by atoms with Gasteiger partial charge in [-0.25, -0.2) is 0 Å². The maximum absolute atomic E-state index is 11.4. The van der Waals surface area contributed by atoms with Crippen molar-refractivity contribution in [2.75, 3.05) is 7.11 Å². The summed E-state index contributed by atoms with van der Waals surface area (Å²) in [5.41, 5.74) is 1.89. The normalized spacial score (nSPS) is 9.53. The molecule has 0 bridgehead atoms. The van der Waals surface area contributed by atoms with E-state index in [0.717, 1.165) is 5.56 Å². The van der Waals surface area contributed by atoms with Crippen molar-refractivity contribution in [1.82, 2.24) is 0 Å². The van der Waals surface area contributed by atoms with Crippen LogP contribution in [0.25, 0.3) is 0 Å². The van der Waals surface area contributed by atoms with E-state index in [-0.39, 0.29) is 5.78 Å². The van der Waals surface area contributed by atoms with E-state index in [4.69, 9.17) is 10.00 Å². The van der Waals surface area contributed by atoms with Gasteiger partial charge in [-0.3, -0.25) is 4.79 Å². The molecular weight excluding hydrogens is 305 g/mol.